The van der Waals surface area contributed by atoms with Crippen LogP contribution < -0.4 is 10.3 Å². The lowest BCUT2D eigenvalue weighted by atomic mass is 10.2. The molecule has 124 valence electrons. The van der Waals surface area contributed by atoms with E-state index in [1.54, 1.807) is 34.3 Å². The maximum absolute atomic E-state index is 11.9. The minimum Gasteiger partial charge on any atom is -0.464 e. The maximum atomic E-state index is 11.9. The molecule has 7 heteroatoms. The minimum atomic E-state index is -0.348. The van der Waals surface area contributed by atoms with Crippen LogP contribution in [0.15, 0.2) is 42.5 Å². The molecule has 1 aromatic heterocycles. The first-order chi connectivity index (χ1) is 11.5. The summed E-state index contributed by atoms with van der Waals surface area (Å²) >= 11 is 12.3. The number of esters is 1. The summed E-state index contributed by atoms with van der Waals surface area (Å²) in [4.78, 5) is 11.9. The number of ether oxygens (including phenoxy) is 1. The molecule has 0 saturated heterocycles. The number of nitrogens with zero attached hydrogens (tertiary/aromatic N) is 2. The van der Waals surface area contributed by atoms with Crippen LogP contribution in [0.25, 0.3) is 16.7 Å². The Morgan fingerprint density at radius 3 is 2.71 bits per heavy atom. The van der Waals surface area contributed by atoms with E-state index < -0.39 is 0 Å². The molecule has 24 heavy (non-hydrogen) atoms. The molecule has 5 nitrogen and oxygen atoms in total. The number of imidazole rings is 1. The van der Waals surface area contributed by atoms with E-state index in [4.69, 9.17) is 33.7 Å². The molecule has 0 amide bonds. The first-order valence-corrected chi connectivity index (χ1v) is 8.18. The minimum absolute atomic E-state index is 0.0262. The predicted molar refractivity (Wildman–Crippen MR) is 94.5 cm³/mol. The summed E-state index contributed by atoms with van der Waals surface area (Å²) in [7, 11) is 0. The Balaban J connectivity index is 2.22. The zero-order chi connectivity index (χ0) is 17.3. The Hall–Kier alpha value is -2.24. The third-order valence-corrected chi connectivity index (χ3v) is 4.20. The van der Waals surface area contributed by atoms with Gasteiger partial charge in [0.1, 0.15) is 16.7 Å². The van der Waals surface area contributed by atoms with Crippen molar-refractivity contribution in [3.63, 3.8) is 0 Å². The quantitative estimate of drug-likeness (QED) is 0.570. The molecular weight excluding hydrogens is 349 g/mol. The standard InChI is InChI=1S/C17H15Cl2N3O2/c1-2-24-16(23)10-21-14-5-3-4-6-15(14)22(17(21)20)13-8-7-11(18)9-12(13)19/h3-9,20H,2,10H2,1H3/p+1. The van der Waals surface area contributed by atoms with Gasteiger partial charge in [0, 0.05) is 5.02 Å². The number of fused-ring (bicyclic) bond motifs is 1. The average Bonchev–Trinajstić information content (AvgIpc) is 2.81. The van der Waals surface area contributed by atoms with Gasteiger partial charge in [-0.2, -0.15) is 4.57 Å². The highest BCUT2D eigenvalue weighted by Gasteiger charge is 2.25. The molecule has 2 N–H and O–H groups in total. The summed E-state index contributed by atoms with van der Waals surface area (Å²) in [5.41, 5.74) is 8.67. The fourth-order valence-electron chi connectivity index (χ4n) is 2.67. The molecular formula is C17H16Cl2N3O2+. The van der Waals surface area contributed by atoms with Gasteiger partial charge in [-0.25, -0.2) is 9.36 Å². The fraction of sp³-hybridized carbons (Fsp3) is 0.176. The Morgan fingerprint density at radius 1 is 1.25 bits per heavy atom. The van der Waals surface area contributed by atoms with Gasteiger partial charge in [0.2, 0.25) is 0 Å². The van der Waals surface area contributed by atoms with Crippen molar-refractivity contribution >= 4 is 46.2 Å². The number of hydrogen-bond donors (Lipinski definition) is 1. The lowest BCUT2D eigenvalue weighted by Gasteiger charge is -2.04. The van der Waals surface area contributed by atoms with Crippen LogP contribution in [0.1, 0.15) is 6.92 Å². The van der Waals surface area contributed by atoms with Crippen LogP contribution in [0, 0.1) is 0 Å². The van der Waals surface area contributed by atoms with Gasteiger partial charge in [-0.15, -0.1) is 0 Å². The Bertz CT molecular complexity index is 922. The Morgan fingerprint density at radius 2 is 2.00 bits per heavy atom. The van der Waals surface area contributed by atoms with E-state index in [1.807, 2.05) is 24.3 Å². The third kappa shape index (κ3) is 2.92. The largest absolute Gasteiger partial charge is 0.464 e. The van der Waals surface area contributed by atoms with Crippen molar-refractivity contribution < 1.29 is 14.1 Å². The molecule has 1 heterocycles. The van der Waals surface area contributed by atoms with Crippen LogP contribution in [0.2, 0.25) is 10.0 Å². The number of anilines is 1. The zero-order valence-corrected chi connectivity index (χ0v) is 14.5. The van der Waals surface area contributed by atoms with Gasteiger partial charge < -0.3 is 4.74 Å². The van der Waals surface area contributed by atoms with E-state index in [9.17, 15) is 4.79 Å². The second-order valence-corrected chi connectivity index (χ2v) is 6.01. The molecule has 0 fully saturated rings. The van der Waals surface area contributed by atoms with E-state index >= 15 is 0 Å². The number of carbonyl (C=O) groups excluding carboxylic acids is 1. The van der Waals surface area contributed by atoms with Crippen LogP contribution in [-0.2, 0) is 16.1 Å². The normalized spacial score (nSPS) is 11.0. The molecule has 3 aromatic rings. The maximum Gasteiger partial charge on any atom is 0.361 e. The highest BCUT2D eigenvalue weighted by Crippen LogP contribution is 2.29. The summed E-state index contributed by atoms with van der Waals surface area (Å²) in [6.07, 6.45) is 0. The van der Waals surface area contributed by atoms with Gasteiger partial charge >= 0.3 is 11.9 Å². The number of para-hydroxylation sites is 2. The van der Waals surface area contributed by atoms with E-state index in [2.05, 4.69) is 0 Å². The summed E-state index contributed by atoms with van der Waals surface area (Å²) in [6.45, 7) is 2.11. The number of halogens is 2. The van der Waals surface area contributed by atoms with Crippen LogP contribution in [0.4, 0.5) is 5.95 Å². The van der Waals surface area contributed by atoms with Gasteiger partial charge in [0.25, 0.3) is 0 Å². The number of hydrogen-bond acceptors (Lipinski definition) is 3. The molecule has 0 bridgehead atoms. The second-order valence-electron chi connectivity index (χ2n) is 5.17. The van der Waals surface area contributed by atoms with Gasteiger partial charge in [0.05, 0.1) is 11.6 Å². The lowest BCUT2D eigenvalue weighted by molar-refractivity contribution is -0.645. The van der Waals surface area contributed by atoms with Gasteiger partial charge in [0.15, 0.2) is 6.54 Å². The first-order valence-electron chi connectivity index (χ1n) is 7.42. The smallest absolute Gasteiger partial charge is 0.361 e. The molecule has 0 aliphatic heterocycles. The molecule has 2 aromatic carbocycles. The number of carbonyl (C=O) groups is 1. The number of benzene rings is 2. The molecule has 0 radical (unpaired) electrons. The van der Waals surface area contributed by atoms with Crippen molar-refractivity contribution in [1.82, 2.24) is 4.57 Å². The Kier molecular flexibility index (Phi) is 4.64. The van der Waals surface area contributed by atoms with E-state index in [-0.39, 0.29) is 12.5 Å². The van der Waals surface area contributed by atoms with Gasteiger partial charge in [-0.1, -0.05) is 35.3 Å². The zero-order valence-electron chi connectivity index (χ0n) is 13.0. The summed E-state index contributed by atoms with van der Waals surface area (Å²) in [5, 5.41) is 1.01. The Labute approximate surface area is 149 Å². The van der Waals surface area contributed by atoms with Crippen molar-refractivity contribution in [2.75, 3.05) is 12.3 Å². The molecule has 0 saturated carbocycles. The highest BCUT2D eigenvalue weighted by atomic mass is 35.5. The third-order valence-electron chi connectivity index (χ3n) is 3.66. The highest BCUT2D eigenvalue weighted by molar-refractivity contribution is 6.35. The molecule has 0 spiro atoms. The number of rotatable bonds is 4. The summed E-state index contributed by atoms with van der Waals surface area (Å²) < 4.78 is 8.54. The summed E-state index contributed by atoms with van der Waals surface area (Å²) in [6, 6.07) is 12.8. The van der Waals surface area contributed by atoms with Crippen LogP contribution >= 0.6 is 23.2 Å². The number of aromatic nitrogens is 2. The van der Waals surface area contributed by atoms with E-state index in [0.717, 1.165) is 11.0 Å². The van der Waals surface area contributed by atoms with Gasteiger partial charge in [-0.3, -0.25) is 5.73 Å². The SMILES string of the molecule is CCOC(=O)C[n+]1c(N)n(-c2ccc(Cl)cc2Cl)c2ccccc21. The molecule has 3 rings (SSSR count). The average molecular weight is 365 g/mol. The van der Waals surface area contributed by atoms with Crippen molar-refractivity contribution in [2.45, 2.75) is 13.5 Å². The molecule has 0 atom stereocenters. The van der Waals surface area contributed by atoms with Crippen molar-refractivity contribution in [1.29, 1.82) is 0 Å². The molecule has 0 aliphatic rings. The monoisotopic (exact) mass is 364 g/mol. The van der Waals surface area contributed by atoms with E-state index in [1.165, 1.54) is 0 Å². The van der Waals surface area contributed by atoms with Gasteiger partial charge in [-0.05, 0) is 37.3 Å². The van der Waals surface area contributed by atoms with Crippen molar-refractivity contribution in [3.05, 3.63) is 52.5 Å². The lowest BCUT2D eigenvalue weighted by Crippen LogP contribution is -2.41. The number of nitrogen functional groups attached to an aromatic ring is 1. The van der Waals surface area contributed by atoms with E-state index in [0.29, 0.717) is 28.3 Å². The van der Waals surface area contributed by atoms with Crippen LogP contribution in [0.5, 0.6) is 0 Å². The summed E-state index contributed by atoms with van der Waals surface area (Å²) in [5.74, 6) is 0.0350. The fourth-order valence-corrected chi connectivity index (χ4v) is 3.16. The predicted octanol–water partition coefficient (Wildman–Crippen LogP) is 3.37. The number of nitrogens with two attached hydrogens (primary N) is 1. The van der Waals surface area contributed by atoms with Crippen molar-refractivity contribution in [3.8, 4) is 5.69 Å². The molecule has 0 unspecified atom stereocenters. The second kappa shape index (κ2) is 6.71. The first kappa shape index (κ1) is 16.6. The van der Waals surface area contributed by atoms with Crippen molar-refractivity contribution in [2.24, 2.45) is 0 Å². The van der Waals surface area contributed by atoms with Crippen LogP contribution in [-0.4, -0.2) is 17.1 Å². The molecule has 0 aliphatic carbocycles. The van der Waals surface area contributed by atoms with Crippen LogP contribution in [0.3, 0.4) is 0 Å². The topological polar surface area (TPSA) is 61.1 Å².